The van der Waals surface area contributed by atoms with Gasteiger partial charge in [0.05, 0.1) is 6.61 Å². The molecule has 1 heterocycles. The van der Waals surface area contributed by atoms with Gasteiger partial charge in [0.1, 0.15) is 5.58 Å². The van der Waals surface area contributed by atoms with E-state index < -0.39 is 5.97 Å². The summed E-state index contributed by atoms with van der Waals surface area (Å²) in [4.78, 5) is 23.9. The Bertz CT molecular complexity index is 717. The highest BCUT2D eigenvalue weighted by Crippen LogP contribution is 2.27. The first-order valence-corrected chi connectivity index (χ1v) is 7.73. The summed E-state index contributed by atoms with van der Waals surface area (Å²) in [5.41, 5.74) is 1.24. The summed E-state index contributed by atoms with van der Waals surface area (Å²) in [6.45, 7) is 2.35. The van der Waals surface area contributed by atoms with Crippen LogP contribution in [0.25, 0.3) is 11.0 Å². The van der Waals surface area contributed by atoms with E-state index in [1.807, 2.05) is 25.1 Å². The van der Waals surface area contributed by atoms with Gasteiger partial charge in [-0.2, -0.15) is 0 Å². The second kappa shape index (κ2) is 6.83. The van der Waals surface area contributed by atoms with E-state index in [9.17, 15) is 9.59 Å². The molecule has 122 valence electrons. The van der Waals surface area contributed by atoms with E-state index in [1.165, 1.54) is 0 Å². The molecule has 3 rings (SSSR count). The molecule has 0 saturated heterocycles. The molecule has 1 aliphatic rings. The molecule has 1 aromatic heterocycles. The standard InChI is InChI=1S/C17H19NO5/c1-2-21-9-13-12-5-3-4-6-14(12)23-16(13)17(20)22-10-15(19)18-11-7-8-11/h3-6,11H,2,7-10H2,1H3,(H,18,19). The Morgan fingerprint density at radius 3 is 2.83 bits per heavy atom. The minimum absolute atomic E-state index is 0.0962. The number of hydrogen-bond acceptors (Lipinski definition) is 5. The summed E-state index contributed by atoms with van der Waals surface area (Å²) in [5, 5.41) is 3.58. The summed E-state index contributed by atoms with van der Waals surface area (Å²) in [5.74, 6) is -0.843. The van der Waals surface area contributed by atoms with E-state index >= 15 is 0 Å². The van der Waals surface area contributed by atoms with E-state index in [0.717, 1.165) is 18.2 Å². The molecular formula is C17H19NO5. The lowest BCUT2D eigenvalue weighted by atomic mass is 10.1. The Balaban J connectivity index is 1.74. The van der Waals surface area contributed by atoms with Crippen LogP contribution in [0.15, 0.2) is 28.7 Å². The molecule has 6 nitrogen and oxygen atoms in total. The normalized spacial score (nSPS) is 14.0. The monoisotopic (exact) mass is 317 g/mol. The minimum atomic E-state index is -0.651. The van der Waals surface area contributed by atoms with Gasteiger partial charge in [0, 0.05) is 23.6 Å². The number of amides is 1. The molecule has 0 atom stereocenters. The Labute approximate surface area is 133 Å². The number of benzene rings is 1. The molecule has 0 spiro atoms. The van der Waals surface area contributed by atoms with Crippen LogP contribution in [0.1, 0.15) is 35.9 Å². The highest BCUT2D eigenvalue weighted by Gasteiger charge is 2.25. The van der Waals surface area contributed by atoms with Crippen LogP contribution in [0, 0.1) is 0 Å². The van der Waals surface area contributed by atoms with E-state index in [-0.39, 0.29) is 30.9 Å². The average molecular weight is 317 g/mol. The van der Waals surface area contributed by atoms with Crippen molar-refractivity contribution < 1.29 is 23.5 Å². The molecule has 2 aromatic rings. The van der Waals surface area contributed by atoms with Gasteiger partial charge in [-0.25, -0.2) is 4.79 Å². The van der Waals surface area contributed by atoms with Crippen molar-refractivity contribution in [3.05, 3.63) is 35.6 Å². The van der Waals surface area contributed by atoms with Crippen molar-refractivity contribution >= 4 is 22.8 Å². The lowest BCUT2D eigenvalue weighted by Crippen LogP contribution is -2.30. The van der Waals surface area contributed by atoms with Crippen LogP contribution in [0.4, 0.5) is 0 Å². The Morgan fingerprint density at radius 2 is 2.09 bits per heavy atom. The summed E-state index contributed by atoms with van der Waals surface area (Å²) in [6.07, 6.45) is 1.98. The average Bonchev–Trinajstić information content (AvgIpc) is 3.29. The highest BCUT2D eigenvalue weighted by molar-refractivity contribution is 5.96. The maximum absolute atomic E-state index is 12.3. The van der Waals surface area contributed by atoms with E-state index in [1.54, 1.807) is 6.07 Å². The van der Waals surface area contributed by atoms with Gasteiger partial charge in [-0.3, -0.25) is 4.79 Å². The van der Waals surface area contributed by atoms with Crippen molar-refractivity contribution in [2.75, 3.05) is 13.2 Å². The van der Waals surface area contributed by atoms with Gasteiger partial charge in [0.25, 0.3) is 5.91 Å². The fourth-order valence-electron chi connectivity index (χ4n) is 2.30. The van der Waals surface area contributed by atoms with Crippen molar-refractivity contribution in [1.82, 2.24) is 5.32 Å². The molecule has 1 fully saturated rings. The Hall–Kier alpha value is -2.34. The lowest BCUT2D eigenvalue weighted by Gasteiger charge is -2.06. The smallest absolute Gasteiger partial charge is 0.375 e. The number of carbonyl (C=O) groups is 2. The SMILES string of the molecule is CCOCc1c(C(=O)OCC(=O)NC2CC2)oc2ccccc12. The second-order valence-electron chi connectivity index (χ2n) is 5.46. The number of para-hydroxylation sites is 1. The van der Waals surface area contributed by atoms with Gasteiger partial charge in [-0.1, -0.05) is 18.2 Å². The van der Waals surface area contributed by atoms with Crippen LogP contribution in [-0.4, -0.2) is 31.1 Å². The van der Waals surface area contributed by atoms with Gasteiger partial charge in [0.2, 0.25) is 5.76 Å². The van der Waals surface area contributed by atoms with Gasteiger partial charge in [0.15, 0.2) is 6.61 Å². The summed E-state index contributed by atoms with van der Waals surface area (Å²) in [7, 11) is 0. The minimum Gasteiger partial charge on any atom is -0.450 e. The molecular weight excluding hydrogens is 298 g/mol. The summed E-state index contributed by atoms with van der Waals surface area (Å²) < 4.78 is 16.1. The third-order valence-corrected chi connectivity index (χ3v) is 3.61. The van der Waals surface area contributed by atoms with Crippen LogP contribution in [0.2, 0.25) is 0 Å². The quantitative estimate of drug-likeness (QED) is 0.793. The number of carbonyl (C=O) groups excluding carboxylic acids is 2. The number of furan rings is 1. The fraction of sp³-hybridized carbons (Fsp3) is 0.412. The first-order chi connectivity index (χ1) is 11.2. The first kappa shape index (κ1) is 15.6. The van der Waals surface area contributed by atoms with Crippen LogP contribution >= 0.6 is 0 Å². The largest absolute Gasteiger partial charge is 0.450 e. The van der Waals surface area contributed by atoms with Crippen LogP contribution in [0.5, 0.6) is 0 Å². The number of fused-ring (bicyclic) bond motifs is 1. The molecule has 0 aliphatic heterocycles. The first-order valence-electron chi connectivity index (χ1n) is 7.73. The molecule has 23 heavy (non-hydrogen) atoms. The zero-order chi connectivity index (χ0) is 16.2. The van der Waals surface area contributed by atoms with Crippen molar-refractivity contribution in [2.24, 2.45) is 0 Å². The van der Waals surface area contributed by atoms with Gasteiger partial charge in [-0.05, 0) is 25.8 Å². The Morgan fingerprint density at radius 1 is 1.30 bits per heavy atom. The molecule has 0 bridgehead atoms. The number of hydrogen-bond donors (Lipinski definition) is 1. The second-order valence-corrected chi connectivity index (χ2v) is 5.46. The van der Waals surface area contributed by atoms with Crippen LogP contribution in [0.3, 0.4) is 0 Å². The molecule has 1 saturated carbocycles. The zero-order valence-electron chi connectivity index (χ0n) is 13.0. The van der Waals surface area contributed by atoms with Crippen LogP contribution < -0.4 is 5.32 Å². The lowest BCUT2D eigenvalue weighted by molar-refractivity contribution is -0.124. The predicted molar refractivity (Wildman–Crippen MR) is 83.0 cm³/mol. The number of esters is 1. The van der Waals surface area contributed by atoms with E-state index in [4.69, 9.17) is 13.9 Å². The molecule has 1 amide bonds. The van der Waals surface area contributed by atoms with E-state index in [2.05, 4.69) is 5.32 Å². The van der Waals surface area contributed by atoms with Crippen LogP contribution in [-0.2, 0) is 20.9 Å². The van der Waals surface area contributed by atoms with Gasteiger partial charge >= 0.3 is 5.97 Å². The summed E-state index contributed by atoms with van der Waals surface area (Å²) >= 11 is 0. The topological polar surface area (TPSA) is 77.8 Å². The maximum Gasteiger partial charge on any atom is 0.375 e. The van der Waals surface area contributed by atoms with Crippen molar-refractivity contribution in [2.45, 2.75) is 32.4 Å². The third kappa shape index (κ3) is 3.71. The fourth-order valence-corrected chi connectivity index (χ4v) is 2.30. The van der Waals surface area contributed by atoms with Crippen molar-refractivity contribution in [3.8, 4) is 0 Å². The zero-order valence-corrected chi connectivity index (χ0v) is 13.0. The number of ether oxygens (including phenoxy) is 2. The van der Waals surface area contributed by atoms with Gasteiger partial charge in [-0.15, -0.1) is 0 Å². The molecule has 1 aromatic carbocycles. The molecule has 1 N–H and O–H groups in total. The van der Waals surface area contributed by atoms with Crippen molar-refractivity contribution in [1.29, 1.82) is 0 Å². The third-order valence-electron chi connectivity index (χ3n) is 3.61. The number of nitrogens with one attached hydrogen (secondary N) is 1. The molecule has 1 aliphatic carbocycles. The molecule has 0 unspecified atom stereocenters. The summed E-state index contributed by atoms with van der Waals surface area (Å²) in [6, 6.07) is 7.58. The van der Waals surface area contributed by atoms with Crippen molar-refractivity contribution in [3.63, 3.8) is 0 Å². The molecule has 0 radical (unpaired) electrons. The maximum atomic E-state index is 12.3. The van der Waals surface area contributed by atoms with E-state index in [0.29, 0.717) is 17.8 Å². The number of rotatable bonds is 7. The Kier molecular flexibility index (Phi) is 4.62. The molecule has 6 heteroatoms. The predicted octanol–water partition coefficient (Wildman–Crippen LogP) is 2.40. The van der Waals surface area contributed by atoms with Gasteiger partial charge < -0.3 is 19.2 Å². The highest BCUT2D eigenvalue weighted by atomic mass is 16.5.